The van der Waals surface area contributed by atoms with Crippen molar-refractivity contribution in [2.24, 2.45) is 0 Å². The van der Waals surface area contributed by atoms with Crippen LogP contribution in [0, 0.1) is 12.7 Å². The molecule has 1 aromatic heterocycles. The van der Waals surface area contributed by atoms with E-state index < -0.39 is 0 Å². The molecule has 0 aliphatic carbocycles. The Balaban J connectivity index is 1.70. The third kappa shape index (κ3) is 4.14. The lowest BCUT2D eigenvalue weighted by Gasteiger charge is -2.32. The smallest absolute Gasteiger partial charge is 0.270 e. The van der Waals surface area contributed by atoms with Crippen molar-refractivity contribution in [3.63, 3.8) is 0 Å². The summed E-state index contributed by atoms with van der Waals surface area (Å²) in [6, 6.07) is 7.90. The molecule has 136 valence electrons. The molecule has 1 aliphatic rings. The second kappa shape index (κ2) is 7.90. The highest BCUT2D eigenvalue weighted by Gasteiger charge is 2.20. The average Bonchev–Trinajstić information content (AvgIpc) is 2.66. The number of carbonyl (C=O) groups excluding carboxylic acids is 2. The molecule has 2 aromatic rings. The molecule has 7 nitrogen and oxygen atoms in total. The quantitative estimate of drug-likeness (QED) is 0.812. The molecule has 1 aromatic carbocycles. The van der Waals surface area contributed by atoms with Crippen LogP contribution in [0.5, 0.6) is 0 Å². The van der Waals surface area contributed by atoms with Crippen LogP contribution in [-0.2, 0) is 11.3 Å². The first-order valence-electron chi connectivity index (χ1n) is 8.38. The predicted octanol–water partition coefficient (Wildman–Crippen LogP) is 1.13. The van der Waals surface area contributed by atoms with Crippen molar-refractivity contribution in [1.82, 2.24) is 20.2 Å². The summed E-state index contributed by atoms with van der Waals surface area (Å²) < 4.78 is 13.7. The van der Waals surface area contributed by atoms with E-state index in [1.54, 1.807) is 36.1 Å². The van der Waals surface area contributed by atoms with Gasteiger partial charge in [-0.2, -0.15) is 0 Å². The van der Waals surface area contributed by atoms with Crippen molar-refractivity contribution in [2.45, 2.75) is 13.5 Å². The summed E-state index contributed by atoms with van der Waals surface area (Å²) in [4.78, 5) is 35.6. The molecule has 3 rings (SSSR count). The Morgan fingerprint density at radius 2 is 1.96 bits per heavy atom. The maximum Gasteiger partial charge on any atom is 0.270 e. The molecule has 0 saturated carbocycles. The van der Waals surface area contributed by atoms with Gasteiger partial charge < -0.3 is 15.1 Å². The summed E-state index contributed by atoms with van der Waals surface area (Å²) in [6.07, 6.45) is 0.829. The number of halogens is 1. The van der Waals surface area contributed by atoms with Crippen molar-refractivity contribution in [3.8, 4) is 0 Å². The van der Waals surface area contributed by atoms with Crippen LogP contribution in [0.4, 0.5) is 10.3 Å². The zero-order valence-corrected chi connectivity index (χ0v) is 14.5. The highest BCUT2D eigenvalue weighted by molar-refractivity contribution is 5.92. The lowest BCUT2D eigenvalue weighted by atomic mass is 10.2. The zero-order chi connectivity index (χ0) is 18.5. The van der Waals surface area contributed by atoms with Crippen LogP contribution >= 0.6 is 0 Å². The topological polar surface area (TPSA) is 78.4 Å². The summed E-state index contributed by atoms with van der Waals surface area (Å²) in [5.74, 6) is -0.279. The molecule has 0 unspecified atom stereocenters. The van der Waals surface area contributed by atoms with Crippen molar-refractivity contribution < 1.29 is 14.0 Å². The van der Waals surface area contributed by atoms with Crippen LogP contribution in [0.15, 0.2) is 30.3 Å². The molecular formula is C18H20FN5O2. The van der Waals surface area contributed by atoms with Crippen LogP contribution in [0.3, 0.4) is 0 Å². The Kier molecular flexibility index (Phi) is 5.40. The Morgan fingerprint density at radius 3 is 2.65 bits per heavy atom. The highest BCUT2D eigenvalue weighted by Crippen LogP contribution is 2.13. The first kappa shape index (κ1) is 17.8. The molecule has 0 atom stereocenters. The molecular weight excluding hydrogens is 337 g/mol. The molecule has 0 bridgehead atoms. The second-order valence-corrected chi connectivity index (χ2v) is 6.10. The van der Waals surface area contributed by atoms with Crippen molar-refractivity contribution in [2.75, 3.05) is 31.1 Å². The van der Waals surface area contributed by atoms with Gasteiger partial charge in [0.05, 0.1) is 0 Å². The summed E-state index contributed by atoms with van der Waals surface area (Å²) >= 11 is 0. The molecule has 1 fully saturated rings. The molecule has 0 spiro atoms. The number of hydrogen-bond donors (Lipinski definition) is 1. The van der Waals surface area contributed by atoms with Crippen LogP contribution in [-0.4, -0.2) is 53.4 Å². The molecule has 1 N–H and O–H groups in total. The summed E-state index contributed by atoms with van der Waals surface area (Å²) in [5, 5.41) is 2.69. The number of benzene rings is 1. The molecule has 26 heavy (non-hydrogen) atoms. The van der Waals surface area contributed by atoms with Gasteiger partial charge in [-0.15, -0.1) is 0 Å². The molecule has 0 radical (unpaired) electrons. The first-order chi connectivity index (χ1) is 12.6. The molecule has 2 heterocycles. The Morgan fingerprint density at radius 1 is 1.23 bits per heavy atom. The fourth-order valence-corrected chi connectivity index (χ4v) is 2.75. The Bertz CT molecular complexity index is 806. The van der Waals surface area contributed by atoms with Crippen molar-refractivity contribution in [3.05, 3.63) is 53.1 Å². The summed E-state index contributed by atoms with van der Waals surface area (Å²) in [5.41, 5.74) is 1.32. The van der Waals surface area contributed by atoms with E-state index in [0.29, 0.717) is 43.4 Å². The number of anilines is 1. The molecule has 2 amide bonds. The number of aromatic nitrogens is 2. The number of piperazine rings is 1. The van der Waals surface area contributed by atoms with E-state index in [1.165, 1.54) is 6.07 Å². The number of carbonyl (C=O) groups is 2. The third-order valence-electron chi connectivity index (χ3n) is 4.22. The van der Waals surface area contributed by atoms with Crippen LogP contribution in [0.25, 0.3) is 0 Å². The Hall–Kier alpha value is -3.03. The van der Waals surface area contributed by atoms with Crippen molar-refractivity contribution >= 4 is 18.3 Å². The lowest BCUT2D eigenvalue weighted by molar-refractivity contribution is -0.118. The van der Waals surface area contributed by atoms with Gasteiger partial charge in [0.1, 0.15) is 11.5 Å². The van der Waals surface area contributed by atoms with E-state index in [9.17, 15) is 14.0 Å². The number of nitrogens with one attached hydrogen (secondary N) is 1. The van der Waals surface area contributed by atoms with Gasteiger partial charge in [0, 0.05) is 44.0 Å². The van der Waals surface area contributed by atoms with E-state index in [-0.39, 0.29) is 24.0 Å². The van der Waals surface area contributed by atoms with Gasteiger partial charge in [0.25, 0.3) is 5.91 Å². The minimum Gasteiger partial charge on any atom is -0.347 e. The van der Waals surface area contributed by atoms with Gasteiger partial charge in [-0.05, 0) is 19.1 Å². The maximum absolute atomic E-state index is 13.7. The van der Waals surface area contributed by atoms with Gasteiger partial charge >= 0.3 is 0 Å². The number of aryl methyl sites for hydroxylation is 1. The van der Waals surface area contributed by atoms with E-state index in [4.69, 9.17) is 0 Å². The minimum atomic E-state index is -0.383. The summed E-state index contributed by atoms with van der Waals surface area (Å²) in [7, 11) is 0. The van der Waals surface area contributed by atoms with Crippen molar-refractivity contribution in [1.29, 1.82) is 0 Å². The molecule has 8 heteroatoms. The predicted molar refractivity (Wildman–Crippen MR) is 94.2 cm³/mol. The number of rotatable bonds is 5. The standard InChI is InChI=1S/C18H20FN5O2/c1-13-10-16(17(26)20-11-14-4-2-3-5-15(14)19)22-18(21-13)24-8-6-23(12-25)7-9-24/h2-5,10,12H,6-9,11H2,1H3,(H,20,26). The SMILES string of the molecule is Cc1cc(C(=O)NCc2ccccc2F)nc(N2CCN(C=O)CC2)n1. The first-order valence-corrected chi connectivity index (χ1v) is 8.38. The number of hydrogen-bond acceptors (Lipinski definition) is 5. The van der Waals surface area contributed by atoms with E-state index in [1.807, 2.05) is 4.90 Å². The lowest BCUT2D eigenvalue weighted by Crippen LogP contribution is -2.46. The van der Waals surface area contributed by atoms with Gasteiger partial charge in [0.15, 0.2) is 0 Å². The van der Waals surface area contributed by atoms with Crippen LogP contribution in [0.1, 0.15) is 21.7 Å². The monoisotopic (exact) mass is 357 g/mol. The number of nitrogens with zero attached hydrogens (tertiary/aromatic N) is 4. The number of amides is 2. The Labute approximate surface area is 150 Å². The molecule has 1 saturated heterocycles. The largest absolute Gasteiger partial charge is 0.347 e. The second-order valence-electron chi connectivity index (χ2n) is 6.10. The fraction of sp³-hybridized carbons (Fsp3) is 0.333. The summed E-state index contributed by atoms with van der Waals surface area (Å²) in [6.45, 7) is 4.28. The van der Waals surface area contributed by atoms with Crippen LogP contribution in [0.2, 0.25) is 0 Å². The molecule has 1 aliphatic heterocycles. The highest BCUT2D eigenvalue weighted by atomic mass is 19.1. The van der Waals surface area contributed by atoms with Crippen LogP contribution < -0.4 is 10.2 Å². The van der Waals surface area contributed by atoms with Gasteiger partial charge in [-0.25, -0.2) is 14.4 Å². The van der Waals surface area contributed by atoms with Gasteiger partial charge in [0.2, 0.25) is 12.4 Å². The van der Waals surface area contributed by atoms with E-state index >= 15 is 0 Å². The third-order valence-corrected chi connectivity index (χ3v) is 4.22. The van der Waals surface area contributed by atoms with Gasteiger partial charge in [-0.3, -0.25) is 9.59 Å². The fourth-order valence-electron chi connectivity index (χ4n) is 2.75. The average molecular weight is 357 g/mol. The maximum atomic E-state index is 13.7. The normalized spacial score (nSPS) is 14.2. The van der Waals surface area contributed by atoms with E-state index in [0.717, 1.165) is 6.41 Å². The van der Waals surface area contributed by atoms with E-state index in [2.05, 4.69) is 15.3 Å². The minimum absolute atomic E-state index is 0.0852. The zero-order valence-electron chi connectivity index (χ0n) is 14.5. The van der Waals surface area contributed by atoms with Gasteiger partial charge in [-0.1, -0.05) is 18.2 Å².